The van der Waals surface area contributed by atoms with E-state index in [2.05, 4.69) is 38.8 Å². The van der Waals surface area contributed by atoms with Gasteiger partial charge in [-0.15, -0.1) is 17.9 Å². The Morgan fingerprint density at radius 2 is 1.86 bits per heavy atom. The van der Waals surface area contributed by atoms with Crippen molar-refractivity contribution in [2.24, 2.45) is 22.2 Å². The number of ketones is 1. The van der Waals surface area contributed by atoms with Gasteiger partial charge in [-0.1, -0.05) is 0 Å². The number of nitrogens with two attached hydrogens (primary N) is 3. The topological polar surface area (TPSA) is 215 Å². The lowest BCUT2D eigenvalue weighted by Crippen LogP contribution is -2.56. The standard InChI is InChI=1S/C20H39N8O5P3/c1-11(29)13(7-5-8-24-20(22)23)25-17(32)14-6-3-4-9-28(2)15(30)10-12(21)16(31)27-19(36(34)35)18(33)26-14/h12-14,19H,3-10,21,34-35H2,1-2H3,(H,25,32)(H,26,33)(H,27,31)(H4,22,23,24). The fourth-order valence-electron chi connectivity index (χ4n) is 3.45. The molecule has 0 radical (unpaired) electrons. The van der Waals surface area contributed by atoms with Crippen molar-refractivity contribution >= 4 is 60.5 Å². The van der Waals surface area contributed by atoms with E-state index in [1.165, 1.54) is 11.8 Å². The van der Waals surface area contributed by atoms with Crippen LogP contribution >= 0.6 is 25.2 Å². The van der Waals surface area contributed by atoms with Gasteiger partial charge in [0.2, 0.25) is 23.6 Å². The molecule has 0 spiro atoms. The van der Waals surface area contributed by atoms with Gasteiger partial charge in [-0.3, -0.25) is 29.0 Å². The first-order valence-electron chi connectivity index (χ1n) is 11.6. The highest BCUT2D eigenvalue weighted by molar-refractivity contribution is 8.43. The fraction of sp³-hybridized carbons (Fsp3) is 0.700. The summed E-state index contributed by atoms with van der Waals surface area (Å²) < 4.78 is 0. The molecule has 1 rings (SSSR count). The van der Waals surface area contributed by atoms with Gasteiger partial charge in [0.25, 0.3) is 0 Å². The zero-order chi connectivity index (χ0) is 27.4. The summed E-state index contributed by atoms with van der Waals surface area (Å²) in [6.07, 6.45) is 2.00. The summed E-state index contributed by atoms with van der Waals surface area (Å²) in [5.74, 6) is -3.25. The molecule has 1 aliphatic rings. The lowest BCUT2D eigenvalue weighted by molar-refractivity contribution is -0.134. The molecule has 9 N–H and O–H groups in total. The predicted octanol–water partition coefficient (Wildman–Crippen LogP) is -1.54. The molecule has 36 heavy (non-hydrogen) atoms. The zero-order valence-electron chi connectivity index (χ0n) is 20.7. The first-order valence-corrected chi connectivity index (χ1v) is 16.2. The summed E-state index contributed by atoms with van der Waals surface area (Å²) >= 11 is 0. The van der Waals surface area contributed by atoms with E-state index in [4.69, 9.17) is 17.2 Å². The first-order chi connectivity index (χ1) is 16.8. The Kier molecular flexibility index (Phi) is 14.3. The molecule has 6 atom stereocenters. The van der Waals surface area contributed by atoms with Crippen molar-refractivity contribution in [3.05, 3.63) is 0 Å². The molecule has 1 aliphatic heterocycles. The minimum atomic E-state index is -1.16. The lowest BCUT2D eigenvalue weighted by atomic mass is 10.0. The molecule has 0 aromatic carbocycles. The number of Topliss-reactive ketones (excluding diaryl/α,β-unsaturated/α-hetero) is 1. The molecule has 0 aliphatic carbocycles. The van der Waals surface area contributed by atoms with Crippen molar-refractivity contribution in [2.45, 2.75) is 69.4 Å². The van der Waals surface area contributed by atoms with Crippen LogP contribution < -0.4 is 33.2 Å². The number of nitrogens with one attached hydrogen (secondary N) is 3. The highest BCUT2D eigenvalue weighted by Crippen LogP contribution is 2.56. The molecule has 1 saturated heterocycles. The van der Waals surface area contributed by atoms with Crippen molar-refractivity contribution in [3.63, 3.8) is 0 Å². The Morgan fingerprint density at radius 3 is 2.44 bits per heavy atom. The molecular weight excluding hydrogens is 525 g/mol. The number of guanidine groups is 1. The van der Waals surface area contributed by atoms with Crippen molar-refractivity contribution in [1.29, 1.82) is 0 Å². The van der Waals surface area contributed by atoms with Gasteiger partial charge < -0.3 is 38.1 Å². The SMILES string of the molecule is CC(=O)C(CCCN=C(N)N)NC(=O)C1CCCCN(C)C(=O)CC(N)C(=O)NC(P(P)P)C(=O)N1. The summed E-state index contributed by atoms with van der Waals surface area (Å²) in [5, 5.41) is 8.02. The van der Waals surface area contributed by atoms with Crippen LogP contribution in [0.15, 0.2) is 4.99 Å². The Bertz CT molecular complexity index is 840. The fourth-order valence-corrected chi connectivity index (χ4v) is 5.33. The minimum absolute atomic E-state index is 0.0565. The van der Waals surface area contributed by atoms with Gasteiger partial charge in [0, 0.05) is 20.1 Å². The van der Waals surface area contributed by atoms with E-state index in [0.717, 1.165) is 0 Å². The van der Waals surface area contributed by atoms with Gasteiger partial charge in [0.05, 0.1) is 18.5 Å². The predicted molar refractivity (Wildman–Crippen MR) is 147 cm³/mol. The number of nitrogens with zero attached hydrogens (tertiary/aromatic N) is 2. The summed E-state index contributed by atoms with van der Waals surface area (Å²) in [5.41, 5.74) is 16.5. The molecule has 0 aromatic heterocycles. The van der Waals surface area contributed by atoms with E-state index in [1.807, 2.05) is 0 Å². The number of hydrogen-bond acceptors (Lipinski definition) is 7. The maximum Gasteiger partial charge on any atom is 0.248 e. The smallest absolute Gasteiger partial charge is 0.248 e. The monoisotopic (exact) mass is 564 g/mol. The van der Waals surface area contributed by atoms with Crippen LogP contribution in [0, 0.1) is 0 Å². The molecule has 4 amide bonds. The van der Waals surface area contributed by atoms with Crippen molar-refractivity contribution in [3.8, 4) is 0 Å². The van der Waals surface area contributed by atoms with Crippen molar-refractivity contribution < 1.29 is 24.0 Å². The molecule has 1 heterocycles. The normalized spacial score (nSPS) is 23.2. The van der Waals surface area contributed by atoms with Gasteiger partial charge in [-0.2, -0.15) is 0 Å². The van der Waals surface area contributed by atoms with Gasteiger partial charge >= 0.3 is 0 Å². The summed E-state index contributed by atoms with van der Waals surface area (Å²) in [7, 11) is 5.40. The Labute approximate surface area is 217 Å². The van der Waals surface area contributed by atoms with Gasteiger partial charge in [-0.25, -0.2) is 0 Å². The van der Waals surface area contributed by atoms with Gasteiger partial charge in [-0.05, 0) is 46.3 Å². The molecule has 13 nitrogen and oxygen atoms in total. The van der Waals surface area contributed by atoms with Gasteiger partial charge in [0.1, 0.15) is 11.8 Å². The van der Waals surface area contributed by atoms with Crippen LogP contribution in [-0.2, 0) is 24.0 Å². The maximum atomic E-state index is 13.1. The first kappa shape index (κ1) is 32.1. The summed E-state index contributed by atoms with van der Waals surface area (Å²) in [6.45, 7) is 2.08. The highest BCUT2D eigenvalue weighted by Gasteiger charge is 2.32. The van der Waals surface area contributed by atoms with E-state index in [-0.39, 0.29) is 30.5 Å². The Balaban J connectivity index is 3.05. The van der Waals surface area contributed by atoms with E-state index < -0.39 is 48.9 Å². The largest absolute Gasteiger partial charge is 0.370 e. The molecule has 16 heteroatoms. The van der Waals surface area contributed by atoms with Crippen LogP contribution in [0.2, 0.25) is 0 Å². The lowest BCUT2D eigenvalue weighted by Gasteiger charge is -2.28. The van der Waals surface area contributed by atoms with Crippen LogP contribution in [0.4, 0.5) is 0 Å². The van der Waals surface area contributed by atoms with Crippen LogP contribution in [0.1, 0.15) is 45.4 Å². The number of amides is 4. The average Bonchev–Trinajstić information content (AvgIpc) is 2.79. The minimum Gasteiger partial charge on any atom is -0.370 e. The van der Waals surface area contributed by atoms with Crippen LogP contribution in [0.3, 0.4) is 0 Å². The van der Waals surface area contributed by atoms with E-state index in [0.29, 0.717) is 38.8 Å². The molecule has 6 unspecified atom stereocenters. The second-order valence-electron chi connectivity index (χ2n) is 8.66. The van der Waals surface area contributed by atoms with E-state index >= 15 is 0 Å². The van der Waals surface area contributed by atoms with Crippen LogP contribution in [0.25, 0.3) is 0 Å². The van der Waals surface area contributed by atoms with E-state index in [1.54, 1.807) is 7.05 Å². The summed E-state index contributed by atoms with van der Waals surface area (Å²) in [4.78, 5) is 68.6. The van der Waals surface area contributed by atoms with Crippen LogP contribution in [0.5, 0.6) is 0 Å². The van der Waals surface area contributed by atoms with Crippen molar-refractivity contribution in [2.75, 3.05) is 20.1 Å². The Hall–Kier alpha value is -1.93. The maximum absolute atomic E-state index is 13.1. The second-order valence-corrected chi connectivity index (χ2v) is 15.4. The van der Waals surface area contributed by atoms with Crippen molar-refractivity contribution in [1.82, 2.24) is 20.9 Å². The molecular formula is C20H39N8O5P3. The number of aliphatic imine (C=N–C) groups is 1. The van der Waals surface area contributed by atoms with Gasteiger partial charge in [0.15, 0.2) is 11.7 Å². The molecule has 204 valence electrons. The zero-order valence-corrected chi connectivity index (χ0v) is 23.9. The second kappa shape index (κ2) is 16.0. The molecule has 0 saturated carbocycles. The third kappa shape index (κ3) is 11.4. The summed E-state index contributed by atoms with van der Waals surface area (Å²) in [6, 6.07) is -2.83. The average molecular weight is 565 g/mol. The number of rotatable bonds is 8. The number of carbonyl (C=O) groups is 5. The third-order valence-corrected chi connectivity index (χ3v) is 8.35. The third-order valence-electron chi connectivity index (χ3n) is 5.60. The number of hydrogen-bond donors (Lipinski definition) is 6. The Morgan fingerprint density at radius 1 is 1.19 bits per heavy atom. The molecule has 0 aromatic rings. The van der Waals surface area contributed by atoms with E-state index in [9.17, 15) is 24.0 Å². The van der Waals surface area contributed by atoms with Crippen LogP contribution in [-0.4, -0.2) is 84.3 Å². The quantitative estimate of drug-likeness (QED) is 0.0877. The molecule has 0 bridgehead atoms. The number of carbonyl (C=O) groups excluding carboxylic acids is 5. The molecule has 1 fully saturated rings. The highest BCUT2D eigenvalue weighted by atomic mass is 32.4.